The van der Waals surface area contributed by atoms with E-state index in [1.165, 1.54) is 18.2 Å². The van der Waals surface area contributed by atoms with E-state index in [1.54, 1.807) is 6.92 Å². The fraction of sp³-hybridized carbons (Fsp3) is 0.391. The zero-order valence-electron chi connectivity index (χ0n) is 17.6. The minimum absolute atomic E-state index is 0.329. The van der Waals surface area contributed by atoms with Gasteiger partial charge in [-0.2, -0.15) is 0 Å². The van der Waals surface area contributed by atoms with Crippen LogP contribution in [0.5, 0.6) is 0 Å². The topological polar surface area (TPSA) is 66.0 Å². The first kappa shape index (κ1) is 21.9. The number of morpholine rings is 1. The molecule has 2 aromatic rings. The molecule has 1 saturated heterocycles. The van der Waals surface area contributed by atoms with Gasteiger partial charge in [-0.15, -0.1) is 0 Å². The number of carbonyl (C=O) groups excluding carboxylic acids is 1. The molecule has 0 aromatic heterocycles. The second kappa shape index (κ2) is 10.8. The van der Waals surface area contributed by atoms with Gasteiger partial charge < -0.3 is 10.1 Å². The van der Waals surface area contributed by atoms with Crippen LogP contribution in [-0.2, 0) is 11.2 Å². The molecule has 0 atom stereocenters. The van der Waals surface area contributed by atoms with Crippen LogP contribution in [0.15, 0.2) is 47.5 Å². The predicted octanol–water partition coefficient (Wildman–Crippen LogP) is 3.23. The molecule has 0 aliphatic carbocycles. The van der Waals surface area contributed by atoms with E-state index < -0.39 is 0 Å². The molecule has 1 amide bonds. The SMILES string of the molecule is CCc1ccccc1NC(=NCCN1CCOCC1)NC(=O)c1ccc(F)c(C)c1. The van der Waals surface area contributed by atoms with Crippen molar-refractivity contribution in [3.05, 3.63) is 65.0 Å². The minimum atomic E-state index is -0.332. The van der Waals surface area contributed by atoms with E-state index in [1.807, 2.05) is 24.3 Å². The minimum Gasteiger partial charge on any atom is -0.379 e. The lowest BCUT2D eigenvalue weighted by Crippen LogP contribution is -2.39. The Bertz CT molecular complexity index is 895. The maximum absolute atomic E-state index is 13.6. The molecule has 1 aliphatic rings. The van der Waals surface area contributed by atoms with Crippen LogP contribution in [0.2, 0.25) is 0 Å². The number of halogens is 1. The zero-order valence-corrected chi connectivity index (χ0v) is 17.6. The molecule has 1 aliphatic heterocycles. The summed E-state index contributed by atoms with van der Waals surface area (Å²) in [5.41, 5.74) is 2.85. The Morgan fingerprint density at radius 1 is 1.20 bits per heavy atom. The van der Waals surface area contributed by atoms with Crippen LogP contribution in [0, 0.1) is 12.7 Å². The van der Waals surface area contributed by atoms with Crippen molar-refractivity contribution in [1.29, 1.82) is 0 Å². The van der Waals surface area contributed by atoms with E-state index in [4.69, 9.17) is 4.74 Å². The molecule has 0 saturated carbocycles. The highest BCUT2D eigenvalue weighted by atomic mass is 19.1. The fourth-order valence-electron chi connectivity index (χ4n) is 3.28. The van der Waals surface area contributed by atoms with Gasteiger partial charge in [-0.25, -0.2) is 4.39 Å². The number of aliphatic imine (C=N–C) groups is 1. The zero-order chi connectivity index (χ0) is 21.3. The number of anilines is 1. The van der Waals surface area contributed by atoms with E-state index in [9.17, 15) is 9.18 Å². The standard InChI is InChI=1S/C23H29FN4O2/c1-3-18-6-4-5-7-21(18)26-23(25-10-11-28-12-14-30-15-13-28)27-22(29)19-8-9-20(24)17(2)16-19/h4-9,16H,3,10-15H2,1-2H3,(H2,25,26,27,29). The third kappa shape index (κ3) is 6.11. The number of carbonyl (C=O) groups is 1. The van der Waals surface area contributed by atoms with Crippen molar-refractivity contribution in [3.63, 3.8) is 0 Å². The number of benzene rings is 2. The number of aryl methyl sites for hydroxylation is 2. The smallest absolute Gasteiger partial charge is 0.257 e. The Morgan fingerprint density at radius 2 is 1.97 bits per heavy atom. The van der Waals surface area contributed by atoms with Gasteiger partial charge in [0.15, 0.2) is 0 Å². The molecule has 0 radical (unpaired) electrons. The average molecular weight is 413 g/mol. The number of hydrogen-bond donors (Lipinski definition) is 2. The lowest BCUT2D eigenvalue weighted by atomic mass is 10.1. The first-order chi connectivity index (χ1) is 14.6. The van der Waals surface area contributed by atoms with E-state index in [-0.39, 0.29) is 11.7 Å². The Kier molecular flexibility index (Phi) is 7.93. The van der Waals surface area contributed by atoms with E-state index in [2.05, 4.69) is 27.4 Å². The van der Waals surface area contributed by atoms with Gasteiger partial charge in [-0.1, -0.05) is 25.1 Å². The molecular formula is C23H29FN4O2. The lowest BCUT2D eigenvalue weighted by molar-refractivity contribution is 0.0394. The number of nitrogens with zero attached hydrogens (tertiary/aromatic N) is 2. The number of para-hydroxylation sites is 1. The summed E-state index contributed by atoms with van der Waals surface area (Å²) in [4.78, 5) is 19.6. The summed E-state index contributed by atoms with van der Waals surface area (Å²) in [5, 5.41) is 6.12. The highest BCUT2D eigenvalue weighted by Gasteiger charge is 2.13. The van der Waals surface area contributed by atoms with Gasteiger partial charge in [-0.3, -0.25) is 20.0 Å². The van der Waals surface area contributed by atoms with Crippen LogP contribution in [0.3, 0.4) is 0 Å². The molecule has 160 valence electrons. The molecule has 30 heavy (non-hydrogen) atoms. The van der Waals surface area contributed by atoms with Crippen LogP contribution in [0.4, 0.5) is 10.1 Å². The van der Waals surface area contributed by atoms with Gasteiger partial charge in [0.25, 0.3) is 5.91 Å². The highest BCUT2D eigenvalue weighted by molar-refractivity contribution is 6.10. The quantitative estimate of drug-likeness (QED) is 0.565. The van der Waals surface area contributed by atoms with Crippen LogP contribution < -0.4 is 10.6 Å². The molecule has 0 bridgehead atoms. The van der Waals surface area contributed by atoms with Crippen molar-refractivity contribution in [2.24, 2.45) is 4.99 Å². The first-order valence-electron chi connectivity index (χ1n) is 10.3. The number of guanidine groups is 1. The molecule has 2 N–H and O–H groups in total. The van der Waals surface area contributed by atoms with Crippen LogP contribution in [0.25, 0.3) is 0 Å². The van der Waals surface area contributed by atoms with Crippen molar-refractivity contribution in [2.75, 3.05) is 44.7 Å². The number of ether oxygens (including phenoxy) is 1. The number of rotatable bonds is 6. The van der Waals surface area contributed by atoms with Crippen LogP contribution >= 0.6 is 0 Å². The van der Waals surface area contributed by atoms with E-state index in [0.717, 1.165) is 50.5 Å². The molecular weight excluding hydrogens is 383 g/mol. The summed E-state index contributed by atoms with van der Waals surface area (Å²) in [5.74, 6) is -0.276. The predicted molar refractivity (Wildman–Crippen MR) is 118 cm³/mol. The van der Waals surface area contributed by atoms with E-state index >= 15 is 0 Å². The van der Waals surface area contributed by atoms with Crippen molar-refractivity contribution >= 4 is 17.6 Å². The van der Waals surface area contributed by atoms with Crippen LogP contribution in [-0.4, -0.2) is 56.2 Å². The van der Waals surface area contributed by atoms with Gasteiger partial charge in [0.1, 0.15) is 5.82 Å². The third-order valence-corrected chi connectivity index (χ3v) is 5.09. The Labute approximate surface area is 177 Å². The molecule has 2 aromatic carbocycles. The highest BCUT2D eigenvalue weighted by Crippen LogP contribution is 2.15. The molecule has 0 spiro atoms. The maximum atomic E-state index is 13.6. The van der Waals surface area contributed by atoms with Crippen molar-refractivity contribution < 1.29 is 13.9 Å². The third-order valence-electron chi connectivity index (χ3n) is 5.09. The first-order valence-corrected chi connectivity index (χ1v) is 10.3. The summed E-state index contributed by atoms with van der Waals surface area (Å²) in [6.07, 6.45) is 0.856. The van der Waals surface area contributed by atoms with Gasteiger partial charge in [0, 0.05) is 30.9 Å². The number of hydrogen-bond acceptors (Lipinski definition) is 4. The average Bonchev–Trinajstić information content (AvgIpc) is 2.76. The molecule has 0 unspecified atom stereocenters. The van der Waals surface area contributed by atoms with Crippen molar-refractivity contribution in [1.82, 2.24) is 10.2 Å². The Balaban J connectivity index is 1.74. The van der Waals surface area contributed by atoms with Crippen molar-refractivity contribution in [2.45, 2.75) is 20.3 Å². The summed E-state index contributed by atoms with van der Waals surface area (Å²) >= 11 is 0. The summed E-state index contributed by atoms with van der Waals surface area (Å²) < 4.78 is 18.9. The second-order valence-corrected chi connectivity index (χ2v) is 7.24. The largest absolute Gasteiger partial charge is 0.379 e. The van der Waals surface area contributed by atoms with Crippen LogP contribution in [0.1, 0.15) is 28.4 Å². The Morgan fingerprint density at radius 3 is 2.70 bits per heavy atom. The fourth-order valence-corrected chi connectivity index (χ4v) is 3.28. The molecule has 1 heterocycles. The number of nitrogens with one attached hydrogen (secondary N) is 2. The Hall–Kier alpha value is -2.77. The summed E-state index contributed by atoms with van der Waals surface area (Å²) in [7, 11) is 0. The lowest BCUT2D eigenvalue weighted by Gasteiger charge is -2.25. The molecule has 7 heteroatoms. The maximum Gasteiger partial charge on any atom is 0.257 e. The molecule has 6 nitrogen and oxygen atoms in total. The normalized spacial score (nSPS) is 15.1. The summed E-state index contributed by atoms with van der Waals surface area (Å²) in [6.45, 7) is 8.29. The van der Waals surface area contributed by atoms with E-state index in [0.29, 0.717) is 23.6 Å². The van der Waals surface area contributed by atoms with Gasteiger partial charge >= 0.3 is 0 Å². The van der Waals surface area contributed by atoms with Gasteiger partial charge in [-0.05, 0) is 48.7 Å². The molecule has 3 rings (SSSR count). The van der Waals surface area contributed by atoms with Gasteiger partial charge in [0.2, 0.25) is 5.96 Å². The second-order valence-electron chi connectivity index (χ2n) is 7.24. The van der Waals surface area contributed by atoms with Gasteiger partial charge in [0.05, 0.1) is 19.8 Å². The summed E-state index contributed by atoms with van der Waals surface area (Å²) in [6, 6.07) is 12.2. The molecule has 1 fully saturated rings. The monoisotopic (exact) mass is 412 g/mol. The number of amides is 1. The van der Waals surface area contributed by atoms with Crippen molar-refractivity contribution in [3.8, 4) is 0 Å².